The third kappa shape index (κ3) is 2.15. The van der Waals surface area contributed by atoms with Gasteiger partial charge in [0, 0.05) is 0 Å². The van der Waals surface area contributed by atoms with Crippen molar-refractivity contribution in [1.29, 1.82) is 0 Å². The molecule has 0 radical (unpaired) electrons. The number of carboxylic acids is 1. The molecule has 68 valence electrons. The number of hydrogen-bond donors (Lipinski definition) is 1. The van der Waals surface area contributed by atoms with E-state index < -0.39 is 11.9 Å². The van der Waals surface area contributed by atoms with Gasteiger partial charge in [-0.2, -0.15) is 0 Å². The highest BCUT2D eigenvalue weighted by Crippen LogP contribution is 2.17. The fourth-order valence-electron chi connectivity index (χ4n) is 1.05. The van der Waals surface area contributed by atoms with Crippen molar-refractivity contribution in [1.82, 2.24) is 0 Å². The Morgan fingerprint density at radius 1 is 1.46 bits per heavy atom. The van der Waals surface area contributed by atoms with Gasteiger partial charge in [-0.25, -0.2) is 4.39 Å². The van der Waals surface area contributed by atoms with Crippen molar-refractivity contribution in [3.8, 4) is 0 Å². The lowest BCUT2D eigenvalue weighted by Gasteiger charge is -2.06. The molecule has 13 heavy (non-hydrogen) atoms. The summed E-state index contributed by atoms with van der Waals surface area (Å²) in [6, 6.07) is 5.34. The van der Waals surface area contributed by atoms with Gasteiger partial charge < -0.3 is 5.11 Å². The van der Waals surface area contributed by atoms with E-state index in [1.165, 1.54) is 30.3 Å². The minimum atomic E-state index is -0.985. The Labute approximate surface area is 75.3 Å². The first-order valence-corrected chi connectivity index (χ1v) is 3.76. The van der Waals surface area contributed by atoms with Gasteiger partial charge in [-0.05, 0) is 17.7 Å². The van der Waals surface area contributed by atoms with Gasteiger partial charge >= 0.3 is 5.97 Å². The van der Waals surface area contributed by atoms with Crippen LogP contribution in [0.1, 0.15) is 11.5 Å². The standard InChI is InChI=1S/C10H9FO2/c1-2-9(10(12)13)7-3-5-8(11)6-4-7/h2-6,9H,1H2,(H,12,13). The molecule has 1 aromatic rings. The van der Waals surface area contributed by atoms with E-state index in [0.717, 1.165) is 0 Å². The van der Waals surface area contributed by atoms with Crippen LogP contribution in [0.3, 0.4) is 0 Å². The van der Waals surface area contributed by atoms with Crippen molar-refractivity contribution >= 4 is 5.97 Å². The molecule has 3 heteroatoms. The monoisotopic (exact) mass is 180 g/mol. The quantitative estimate of drug-likeness (QED) is 0.724. The van der Waals surface area contributed by atoms with Gasteiger partial charge in [-0.3, -0.25) is 4.79 Å². The minimum absolute atomic E-state index is 0.378. The fraction of sp³-hybridized carbons (Fsp3) is 0.100. The summed E-state index contributed by atoms with van der Waals surface area (Å²) in [6.07, 6.45) is 1.32. The predicted octanol–water partition coefficient (Wildman–Crippen LogP) is 2.18. The molecule has 1 atom stereocenters. The van der Waals surface area contributed by atoms with Gasteiger partial charge in [-0.15, -0.1) is 6.58 Å². The third-order valence-corrected chi connectivity index (χ3v) is 1.73. The van der Waals surface area contributed by atoms with Gasteiger partial charge in [0.25, 0.3) is 0 Å². The van der Waals surface area contributed by atoms with E-state index in [-0.39, 0.29) is 5.82 Å². The minimum Gasteiger partial charge on any atom is -0.481 e. The smallest absolute Gasteiger partial charge is 0.314 e. The van der Waals surface area contributed by atoms with Crippen molar-refractivity contribution in [2.75, 3.05) is 0 Å². The van der Waals surface area contributed by atoms with Gasteiger partial charge in [0.2, 0.25) is 0 Å². The molecule has 0 aromatic heterocycles. The molecular weight excluding hydrogens is 171 g/mol. The fourth-order valence-corrected chi connectivity index (χ4v) is 1.05. The summed E-state index contributed by atoms with van der Waals surface area (Å²) in [5, 5.41) is 8.73. The number of benzene rings is 1. The molecule has 0 aliphatic heterocycles. The van der Waals surface area contributed by atoms with Crippen LogP contribution in [-0.2, 0) is 4.79 Å². The van der Waals surface area contributed by atoms with E-state index in [9.17, 15) is 9.18 Å². The summed E-state index contributed by atoms with van der Waals surface area (Å²) in [4.78, 5) is 10.7. The van der Waals surface area contributed by atoms with Crippen LogP contribution in [0.15, 0.2) is 36.9 Å². The molecule has 0 fully saturated rings. The van der Waals surface area contributed by atoms with Crippen LogP contribution in [-0.4, -0.2) is 11.1 Å². The highest BCUT2D eigenvalue weighted by Gasteiger charge is 2.14. The zero-order valence-electron chi connectivity index (χ0n) is 6.90. The van der Waals surface area contributed by atoms with Gasteiger partial charge in [-0.1, -0.05) is 18.2 Å². The summed E-state index contributed by atoms with van der Waals surface area (Å²) in [5.41, 5.74) is 0.531. The molecule has 0 spiro atoms. The van der Waals surface area contributed by atoms with E-state index >= 15 is 0 Å². The van der Waals surface area contributed by atoms with Crippen molar-refractivity contribution in [3.63, 3.8) is 0 Å². The van der Waals surface area contributed by atoms with E-state index in [1.807, 2.05) is 0 Å². The van der Waals surface area contributed by atoms with Crippen molar-refractivity contribution < 1.29 is 14.3 Å². The number of hydrogen-bond acceptors (Lipinski definition) is 1. The number of halogens is 1. The lowest BCUT2D eigenvalue weighted by molar-refractivity contribution is -0.137. The van der Waals surface area contributed by atoms with Crippen LogP contribution >= 0.6 is 0 Å². The first-order chi connectivity index (χ1) is 6.15. The molecule has 0 bridgehead atoms. The Hall–Kier alpha value is -1.64. The highest BCUT2D eigenvalue weighted by atomic mass is 19.1. The zero-order chi connectivity index (χ0) is 9.84. The Kier molecular flexibility index (Phi) is 2.80. The van der Waals surface area contributed by atoms with Crippen LogP contribution in [0.5, 0.6) is 0 Å². The average Bonchev–Trinajstić information content (AvgIpc) is 2.09. The molecule has 1 N–H and O–H groups in total. The first kappa shape index (κ1) is 9.45. The molecule has 1 rings (SSSR count). The Bertz CT molecular complexity index is 316. The summed E-state index contributed by atoms with van der Waals surface area (Å²) in [5.74, 6) is -2.13. The van der Waals surface area contributed by atoms with E-state index in [4.69, 9.17) is 5.11 Å². The zero-order valence-corrected chi connectivity index (χ0v) is 6.90. The van der Waals surface area contributed by atoms with Crippen LogP contribution < -0.4 is 0 Å². The van der Waals surface area contributed by atoms with Crippen LogP contribution in [0.25, 0.3) is 0 Å². The van der Waals surface area contributed by atoms with E-state index in [2.05, 4.69) is 6.58 Å². The molecule has 1 unspecified atom stereocenters. The third-order valence-electron chi connectivity index (χ3n) is 1.73. The van der Waals surface area contributed by atoms with Crippen LogP contribution in [0.2, 0.25) is 0 Å². The van der Waals surface area contributed by atoms with Crippen molar-refractivity contribution in [2.24, 2.45) is 0 Å². The van der Waals surface area contributed by atoms with E-state index in [1.54, 1.807) is 0 Å². The summed E-state index contributed by atoms with van der Waals surface area (Å²) >= 11 is 0. The molecule has 0 saturated heterocycles. The first-order valence-electron chi connectivity index (χ1n) is 3.76. The summed E-state index contributed by atoms with van der Waals surface area (Å²) < 4.78 is 12.5. The Morgan fingerprint density at radius 2 is 2.00 bits per heavy atom. The number of rotatable bonds is 3. The second-order valence-electron chi connectivity index (χ2n) is 2.60. The maximum Gasteiger partial charge on any atom is 0.314 e. The molecule has 0 amide bonds. The van der Waals surface area contributed by atoms with Gasteiger partial charge in [0.1, 0.15) is 5.82 Å². The molecule has 0 heterocycles. The lowest BCUT2D eigenvalue weighted by Crippen LogP contribution is -2.08. The highest BCUT2D eigenvalue weighted by molar-refractivity contribution is 5.78. The van der Waals surface area contributed by atoms with E-state index in [0.29, 0.717) is 5.56 Å². The molecule has 0 saturated carbocycles. The number of carbonyl (C=O) groups is 1. The Morgan fingerprint density at radius 3 is 2.38 bits per heavy atom. The SMILES string of the molecule is C=CC(C(=O)O)c1ccc(F)cc1. The second kappa shape index (κ2) is 3.85. The predicted molar refractivity (Wildman–Crippen MR) is 47.0 cm³/mol. The maximum absolute atomic E-state index is 12.5. The lowest BCUT2D eigenvalue weighted by atomic mass is 10.00. The molecule has 0 aliphatic rings. The molecule has 1 aromatic carbocycles. The Balaban J connectivity index is 2.99. The maximum atomic E-state index is 12.5. The van der Waals surface area contributed by atoms with Crippen molar-refractivity contribution in [2.45, 2.75) is 5.92 Å². The topological polar surface area (TPSA) is 37.3 Å². The summed E-state index contributed by atoms with van der Waals surface area (Å²) in [7, 11) is 0. The molecule has 0 aliphatic carbocycles. The number of aliphatic carboxylic acids is 1. The van der Waals surface area contributed by atoms with Crippen molar-refractivity contribution in [3.05, 3.63) is 48.3 Å². The van der Waals surface area contributed by atoms with Gasteiger partial charge in [0.15, 0.2) is 0 Å². The largest absolute Gasteiger partial charge is 0.481 e. The van der Waals surface area contributed by atoms with Crippen LogP contribution in [0, 0.1) is 5.82 Å². The summed E-state index contributed by atoms with van der Waals surface area (Å²) in [6.45, 7) is 3.41. The average molecular weight is 180 g/mol. The van der Waals surface area contributed by atoms with Gasteiger partial charge in [0.05, 0.1) is 5.92 Å². The number of carboxylic acid groups (broad SMARTS) is 1. The molecular formula is C10H9FO2. The second-order valence-corrected chi connectivity index (χ2v) is 2.60. The normalized spacial score (nSPS) is 12.1. The molecule has 2 nitrogen and oxygen atoms in total. The van der Waals surface area contributed by atoms with Crippen LogP contribution in [0.4, 0.5) is 4.39 Å².